The zero-order chi connectivity index (χ0) is 15.2. The highest BCUT2D eigenvalue weighted by atomic mass is 16.5. The summed E-state index contributed by atoms with van der Waals surface area (Å²) in [6.45, 7) is 7.30. The Morgan fingerprint density at radius 1 is 1.24 bits per heavy atom. The largest absolute Gasteiger partial charge is 0.496 e. The van der Waals surface area contributed by atoms with E-state index < -0.39 is 0 Å². The molecule has 2 aromatic rings. The lowest BCUT2D eigenvalue weighted by molar-refractivity contribution is 0.403. The summed E-state index contributed by atoms with van der Waals surface area (Å²) >= 11 is 0. The summed E-state index contributed by atoms with van der Waals surface area (Å²) in [4.78, 5) is 4.66. The number of para-hydroxylation sites is 1. The monoisotopic (exact) mass is 284 g/mol. The zero-order valence-electron chi connectivity index (χ0n) is 13.3. The molecule has 1 atom stereocenters. The van der Waals surface area contributed by atoms with Gasteiger partial charge in [0.05, 0.1) is 18.8 Å². The van der Waals surface area contributed by atoms with Gasteiger partial charge in [-0.3, -0.25) is 4.98 Å². The maximum Gasteiger partial charge on any atom is 0.124 e. The molecule has 1 heterocycles. The predicted molar refractivity (Wildman–Crippen MR) is 86.8 cm³/mol. The molecule has 2 rings (SSSR count). The van der Waals surface area contributed by atoms with Gasteiger partial charge in [0.15, 0.2) is 0 Å². The van der Waals surface area contributed by atoms with Gasteiger partial charge in [0.2, 0.25) is 0 Å². The van der Waals surface area contributed by atoms with Crippen molar-refractivity contribution in [2.75, 3.05) is 13.7 Å². The van der Waals surface area contributed by atoms with E-state index in [1.54, 1.807) is 7.11 Å². The molecular weight excluding hydrogens is 260 g/mol. The molecule has 0 aliphatic carbocycles. The molecule has 0 saturated carbocycles. The lowest BCUT2D eigenvalue weighted by atomic mass is 9.98. The standard InChI is InChI=1S/C18H24N2O/c1-5-10-19-18(15-8-6-7-9-16(15)21-4)17-14(3)11-13(2)12-20-17/h6-9,11-12,18-19H,5,10H2,1-4H3. The van der Waals surface area contributed by atoms with Crippen molar-refractivity contribution in [1.82, 2.24) is 10.3 Å². The van der Waals surface area contributed by atoms with E-state index in [4.69, 9.17) is 4.74 Å². The molecule has 3 heteroatoms. The molecule has 1 aromatic heterocycles. The molecule has 0 radical (unpaired) electrons. The maximum atomic E-state index is 5.52. The number of benzene rings is 1. The average molecular weight is 284 g/mol. The smallest absolute Gasteiger partial charge is 0.124 e. The molecule has 0 spiro atoms. The van der Waals surface area contributed by atoms with Gasteiger partial charge in [0.25, 0.3) is 0 Å². The van der Waals surface area contributed by atoms with Gasteiger partial charge in [-0.25, -0.2) is 0 Å². The third-order valence-electron chi connectivity index (χ3n) is 3.58. The van der Waals surface area contributed by atoms with E-state index in [-0.39, 0.29) is 6.04 Å². The van der Waals surface area contributed by atoms with Gasteiger partial charge in [0.1, 0.15) is 5.75 Å². The molecule has 0 bridgehead atoms. The van der Waals surface area contributed by atoms with Crippen molar-refractivity contribution in [3.05, 3.63) is 58.9 Å². The molecule has 0 fully saturated rings. The first kappa shape index (κ1) is 15.5. The number of hydrogen-bond donors (Lipinski definition) is 1. The lowest BCUT2D eigenvalue weighted by Gasteiger charge is -2.22. The third kappa shape index (κ3) is 3.61. The van der Waals surface area contributed by atoms with E-state index in [0.717, 1.165) is 30.0 Å². The second-order valence-electron chi connectivity index (χ2n) is 5.34. The van der Waals surface area contributed by atoms with Gasteiger partial charge < -0.3 is 10.1 Å². The minimum Gasteiger partial charge on any atom is -0.496 e. The summed E-state index contributed by atoms with van der Waals surface area (Å²) in [5.41, 5.74) is 4.59. The van der Waals surface area contributed by atoms with Crippen molar-refractivity contribution in [2.45, 2.75) is 33.2 Å². The Morgan fingerprint density at radius 2 is 2.00 bits per heavy atom. The summed E-state index contributed by atoms with van der Waals surface area (Å²) < 4.78 is 5.52. The molecule has 1 aromatic carbocycles. The SMILES string of the molecule is CCCNC(c1ccccc1OC)c1ncc(C)cc1C. The van der Waals surface area contributed by atoms with E-state index >= 15 is 0 Å². The van der Waals surface area contributed by atoms with Gasteiger partial charge >= 0.3 is 0 Å². The average Bonchev–Trinajstić information content (AvgIpc) is 2.49. The highest BCUT2D eigenvalue weighted by Gasteiger charge is 2.20. The minimum atomic E-state index is 0.0571. The Morgan fingerprint density at radius 3 is 2.67 bits per heavy atom. The van der Waals surface area contributed by atoms with Crippen LogP contribution in [0.4, 0.5) is 0 Å². The molecule has 0 aliphatic heterocycles. The minimum absolute atomic E-state index is 0.0571. The van der Waals surface area contributed by atoms with Crippen LogP contribution in [0.5, 0.6) is 5.75 Å². The number of methoxy groups -OCH3 is 1. The van der Waals surface area contributed by atoms with Gasteiger partial charge in [0, 0.05) is 11.8 Å². The highest BCUT2D eigenvalue weighted by molar-refractivity contribution is 5.42. The molecule has 21 heavy (non-hydrogen) atoms. The number of ether oxygens (including phenoxy) is 1. The van der Waals surface area contributed by atoms with Gasteiger partial charge in [-0.1, -0.05) is 31.2 Å². The topological polar surface area (TPSA) is 34.1 Å². The van der Waals surface area contributed by atoms with E-state index in [1.807, 2.05) is 24.4 Å². The van der Waals surface area contributed by atoms with Crippen molar-refractivity contribution < 1.29 is 4.74 Å². The summed E-state index contributed by atoms with van der Waals surface area (Å²) in [6.07, 6.45) is 3.01. The highest BCUT2D eigenvalue weighted by Crippen LogP contribution is 2.30. The number of rotatable bonds is 6. The van der Waals surface area contributed by atoms with Gasteiger partial charge in [-0.2, -0.15) is 0 Å². The van der Waals surface area contributed by atoms with Crippen LogP contribution in [0.2, 0.25) is 0 Å². The Hall–Kier alpha value is -1.87. The van der Waals surface area contributed by atoms with Crippen LogP contribution in [0, 0.1) is 13.8 Å². The van der Waals surface area contributed by atoms with Crippen LogP contribution in [0.25, 0.3) is 0 Å². The van der Waals surface area contributed by atoms with E-state index in [0.29, 0.717) is 0 Å². The van der Waals surface area contributed by atoms with Crippen molar-refractivity contribution in [1.29, 1.82) is 0 Å². The summed E-state index contributed by atoms with van der Waals surface area (Å²) in [6, 6.07) is 10.4. The van der Waals surface area contributed by atoms with Crippen LogP contribution in [0.15, 0.2) is 36.5 Å². The third-order valence-corrected chi connectivity index (χ3v) is 3.58. The number of hydrogen-bond acceptors (Lipinski definition) is 3. The Kier molecular flexibility index (Phi) is 5.34. The maximum absolute atomic E-state index is 5.52. The molecule has 0 aliphatic rings. The predicted octanol–water partition coefficient (Wildman–Crippen LogP) is 3.80. The van der Waals surface area contributed by atoms with Crippen LogP contribution in [0.3, 0.4) is 0 Å². The number of aryl methyl sites for hydroxylation is 2. The van der Waals surface area contributed by atoms with E-state index in [1.165, 1.54) is 11.1 Å². The number of aromatic nitrogens is 1. The summed E-state index contributed by atoms with van der Waals surface area (Å²) in [7, 11) is 1.71. The number of nitrogens with one attached hydrogen (secondary N) is 1. The number of pyridine rings is 1. The Labute approximate surface area is 127 Å². The number of nitrogens with zero attached hydrogens (tertiary/aromatic N) is 1. The molecular formula is C18H24N2O. The fourth-order valence-corrected chi connectivity index (χ4v) is 2.58. The molecule has 1 N–H and O–H groups in total. The van der Waals surface area contributed by atoms with Crippen LogP contribution in [-0.4, -0.2) is 18.6 Å². The van der Waals surface area contributed by atoms with E-state index in [2.05, 4.69) is 43.2 Å². The van der Waals surface area contributed by atoms with E-state index in [9.17, 15) is 0 Å². The molecule has 0 saturated heterocycles. The Balaban J connectivity index is 2.47. The summed E-state index contributed by atoms with van der Waals surface area (Å²) in [5, 5.41) is 3.59. The van der Waals surface area contributed by atoms with Crippen LogP contribution in [-0.2, 0) is 0 Å². The second kappa shape index (κ2) is 7.23. The fourth-order valence-electron chi connectivity index (χ4n) is 2.58. The first-order valence-corrected chi connectivity index (χ1v) is 7.46. The van der Waals surface area contributed by atoms with Gasteiger partial charge in [-0.05, 0) is 44.0 Å². The van der Waals surface area contributed by atoms with Crippen LogP contribution in [0.1, 0.15) is 41.8 Å². The lowest BCUT2D eigenvalue weighted by Crippen LogP contribution is -2.25. The van der Waals surface area contributed by atoms with Crippen molar-refractivity contribution in [2.24, 2.45) is 0 Å². The fraction of sp³-hybridized carbons (Fsp3) is 0.389. The van der Waals surface area contributed by atoms with Crippen molar-refractivity contribution >= 4 is 0 Å². The molecule has 112 valence electrons. The first-order valence-electron chi connectivity index (χ1n) is 7.46. The summed E-state index contributed by atoms with van der Waals surface area (Å²) in [5.74, 6) is 0.896. The quantitative estimate of drug-likeness (QED) is 0.876. The van der Waals surface area contributed by atoms with Crippen LogP contribution >= 0.6 is 0 Å². The van der Waals surface area contributed by atoms with Crippen molar-refractivity contribution in [3.63, 3.8) is 0 Å². The van der Waals surface area contributed by atoms with Crippen LogP contribution < -0.4 is 10.1 Å². The second-order valence-corrected chi connectivity index (χ2v) is 5.34. The van der Waals surface area contributed by atoms with Crippen molar-refractivity contribution in [3.8, 4) is 5.75 Å². The zero-order valence-corrected chi connectivity index (χ0v) is 13.3. The molecule has 3 nitrogen and oxygen atoms in total. The first-order chi connectivity index (χ1) is 10.2. The van der Waals surface area contributed by atoms with Gasteiger partial charge in [-0.15, -0.1) is 0 Å². The molecule has 0 amide bonds. The Bertz CT molecular complexity index is 596. The normalized spacial score (nSPS) is 12.2. The molecule has 1 unspecified atom stereocenters.